The smallest absolute Gasteiger partial charge is 0.135 e. The number of ether oxygens (including phenoxy) is 1. The molecule has 2 aromatic heterocycles. The second kappa shape index (κ2) is 16.4. The third kappa shape index (κ3) is 7.96. The van der Waals surface area contributed by atoms with Crippen LogP contribution in [0.4, 0.5) is 22.7 Å². The summed E-state index contributed by atoms with van der Waals surface area (Å²) in [7, 11) is 0. The molecule has 316 valence electrons. The van der Waals surface area contributed by atoms with Gasteiger partial charge in [0, 0.05) is 66.9 Å². The maximum absolute atomic E-state index is 8.59. The summed E-state index contributed by atoms with van der Waals surface area (Å²) in [6.45, 7) is 17.6. The van der Waals surface area contributed by atoms with Gasteiger partial charge in [-0.3, -0.25) is 0 Å². The van der Waals surface area contributed by atoms with Crippen LogP contribution in [0.1, 0.15) is 65.1 Å². The van der Waals surface area contributed by atoms with Crippen LogP contribution in [0.2, 0.25) is 0 Å². The Kier molecular flexibility index (Phi) is 9.38. The van der Waals surface area contributed by atoms with E-state index in [4.69, 9.17) is 16.6 Å². The van der Waals surface area contributed by atoms with Crippen LogP contribution in [-0.2, 0) is 31.9 Å². The van der Waals surface area contributed by atoms with Gasteiger partial charge in [0.1, 0.15) is 5.82 Å². The third-order valence-corrected chi connectivity index (χ3v) is 11.6. The number of fused-ring (bicyclic) bond motifs is 4. The fourth-order valence-electron chi connectivity index (χ4n) is 8.22. The SMILES string of the molecule is [2H]c1c([2H])c([2H])c(-c2cnc(-n3c4[c-]c(Oc5[c-]c(N6[CH-]N(c7cc(C(C)(C)C)cc(C(C)(C)C)c7)c7cc(-c8ccccc8)ccc76)ccc5)ccc4c4ccccc43)cc2C)c([2H])c1[2H].[Pt]. The molecule has 0 radical (unpaired) electrons. The topological polar surface area (TPSA) is 33.5 Å². The molecular formula is C57H49N4OPt-3. The molecule has 63 heavy (non-hydrogen) atoms. The summed E-state index contributed by atoms with van der Waals surface area (Å²) in [5, 5.41) is 1.96. The molecular weight excluding hydrogens is 952 g/mol. The maximum atomic E-state index is 8.59. The summed E-state index contributed by atoms with van der Waals surface area (Å²) in [5.74, 6) is 1.60. The Hall–Kier alpha value is -6.42. The van der Waals surface area contributed by atoms with Crippen LogP contribution in [0.25, 0.3) is 49.9 Å². The van der Waals surface area contributed by atoms with Crippen molar-refractivity contribution in [2.75, 3.05) is 9.80 Å². The number of aromatic nitrogens is 2. The van der Waals surface area contributed by atoms with Crippen LogP contribution in [0, 0.1) is 25.7 Å². The van der Waals surface area contributed by atoms with Gasteiger partial charge in [-0.1, -0.05) is 138 Å². The fourth-order valence-corrected chi connectivity index (χ4v) is 8.22. The molecule has 0 N–H and O–H groups in total. The number of anilines is 4. The van der Waals surface area contributed by atoms with Crippen LogP contribution in [0.5, 0.6) is 11.5 Å². The molecule has 1 aliphatic rings. The number of hydrogen-bond acceptors (Lipinski definition) is 4. The van der Waals surface area contributed by atoms with Gasteiger partial charge < -0.3 is 19.1 Å². The van der Waals surface area contributed by atoms with Crippen molar-refractivity contribution in [3.63, 3.8) is 0 Å². The van der Waals surface area contributed by atoms with E-state index in [2.05, 4.69) is 137 Å². The largest absolute Gasteiger partial charge is 0.509 e. The van der Waals surface area contributed by atoms with E-state index in [1.807, 2.05) is 72.2 Å². The zero-order chi connectivity index (χ0) is 47.1. The van der Waals surface area contributed by atoms with Crippen molar-refractivity contribution in [2.24, 2.45) is 0 Å². The molecule has 7 aromatic carbocycles. The Morgan fingerprint density at radius 3 is 2.06 bits per heavy atom. The number of hydrogen-bond donors (Lipinski definition) is 0. The van der Waals surface area contributed by atoms with Crippen molar-refractivity contribution >= 4 is 44.6 Å². The normalized spacial score (nSPS) is 13.9. The Labute approximate surface area is 392 Å². The minimum Gasteiger partial charge on any atom is -0.509 e. The molecule has 1 aliphatic heterocycles. The van der Waals surface area contributed by atoms with Crippen molar-refractivity contribution in [1.29, 1.82) is 0 Å². The molecule has 0 saturated carbocycles. The van der Waals surface area contributed by atoms with Crippen molar-refractivity contribution in [3.8, 4) is 39.6 Å². The minimum atomic E-state index is -0.430. The van der Waals surface area contributed by atoms with Gasteiger partial charge in [0.25, 0.3) is 0 Å². The van der Waals surface area contributed by atoms with Crippen LogP contribution in [0.15, 0.2) is 164 Å². The Bertz CT molecular complexity index is 3370. The number of aryl methyl sites for hydroxylation is 1. The van der Waals surface area contributed by atoms with E-state index in [1.165, 1.54) is 11.1 Å². The summed E-state index contributed by atoms with van der Waals surface area (Å²) in [6, 6.07) is 49.3. The van der Waals surface area contributed by atoms with E-state index in [1.54, 1.807) is 6.20 Å². The van der Waals surface area contributed by atoms with Gasteiger partial charge in [-0.2, -0.15) is 12.1 Å². The summed E-state index contributed by atoms with van der Waals surface area (Å²) < 4.78 is 50.4. The molecule has 0 spiro atoms. The first-order chi connectivity index (χ1) is 32.0. The minimum absolute atomic E-state index is 0. The molecule has 0 amide bonds. The van der Waals surface area contributed by atoms with Gasteiger partial charge in [-0.05, 0) is 92.9 Å². The third-order valence-electron chi connectivity index (χ3n) is 11.6. The average Bonchev–Trinajstić information content (AvgIpc) is 3.86. The second-order valence-corrected chi connectivity index (χ2v) is 18.0. The van der Waals surface area contributed by atoms with Gasteiger partial charge >= 0.3 is 0 Å². The molecule has 0 saturated heterocycles. The number of benzene rings is 7. The van der Waals surface area contributed by atoms with E-state index in [9.17, 15) is 0 Å². The Balaban J connectivity index is 0.00000578. The predicted octanol–water partition coefficient (Wildman–Crippen LogP) is 15.2. The molecule has 10 rings (SSSR count). The molecule has 0 aliphatic carbocycles. The summed E-state index contributed by atoms with van der Waals surface area (Å²) in [4.78, 5) is 9.30. The molecule has 0 unspecified atom stereocenters. The van der Waals surface area contributed by atoms with Gasteiger partial charge in [-0.25, -0.2) is 4.98 Å². The second-order valence-electron chi connectivity index (χ2n) is 18.0. The number of pyridine rings is 1. The molecule has 0 fully saturated rings. The average molecular weight is 1010 g/mol. The maximum Gasteiger partial charge on any atom is 0.135 e. The van der Waals surface area contributed by atoms with E-state index in [0.717, 1.165) is 55.7 Å². The van der Waals surface area contributed by atoms with Gasteiger partial charge in [-0.15, -0.1) is 48.1 Å². The molecule has 3 heterocycles. The van der Waals surface area contributed by atoms with E-state index >= 15 is 0 Å². The number of rotatable bonds is 7. The summed E-state index contributed by atoms with van der Waals surface area (Å²) in [6.07, 6.45) is 1.59. The predicted molar refractivity (Wildman–Crippen MR) is 257 cm³/mol. The van der Waals surface area contributed by atoms with Gasteiger partial charge in [0.15, 0.2) is 0 Å². The Morgan fingerprint density at radius 1 is 0.619 bits per heavy atom. The van der Waals surface area contributed by atoms with Crippen LogP contribution in [0.3, 0.4) is 0 Å². The number of nitrogens with zero attached hydrogens (tertiary/aromatic N) is 4. The fraction of sp³-hybridized carbons (Fsp3) is 0.158. The van der Waals surface area contributed by atoms with Crippen LogP contribution < -0.4 is 14.5 Å². The van der Waals surface area contributed by atoms with Crippen molar-refractivity contribution in [2.45, 2.75) is 59.3 Å². The van der Waals surface area contributed by atoms with Crippen molar-refractivity contribution < 1.29 is 32.7 Å². The molecule has 0 atom stereocenters. The molecule has 0 bridgehead atoms. The standard InChI is InChI=1S/C57H49N4O.Pt/c1-38-29-55(58-36-50(38)40-19-12-9-13-20-40)61-51-24-15-14-23-48(51)49-27-26-47(35-53(49)61)62-46-22-16-21-44(34-46)59-37-60(45-32-42(56(2,3)4)31-43(33-45)57(5,6)7)54-30-41(25-28-52(54)59)39-17-10-8-11-18-39;/h8-33,36-37H,1-7H3;/q-3;/i9D,12D,13D,19D,20D;. The zero-order valence-electron chi connectivity index (χ0n) is 41.3. The first kappa shape index (κ1) is 36.1. The zero-order valence-corrected chi connectivity index (χ0v) is 38.6. The van der Waals surface area contributed by atoms with Gasteiger partial charge in [0.2, 0.25) is 0 Å². The van der Waals surface area contributed by atoms with Crippen LogP contribution >= 0.6 is 0 Å². The molecule has 5 nitrogen and oxygen atoms in total. The van der Waals surface area contributed by atoms with E-state index < -0.39 is 6.04 Å². The Morgan fingerprint density at radius 2 is 1.33 bits per heavy atom. The van der Waals surface area contributed by atoms with Gasteiger partial charge in [0.05, 0.1) is 6.85 Å². The van der Waals surface area contributed by atoms with E-state index in [-0.39, 0.29) is 61.6 Å². The molecule has 9 aromatic rings. The monoisotopic (exact) mass is 1010 g/mol. The first-order valence-electron chi connectivity index (χ1n) is 23.5. The van der Waals surface area contributed by atoms with Crippen molar-refractivity contribution in [3.05, 3.63) is 199 Å². The number of para-hydroxylation sites is 1. The quantitative estimate of drug-likeness (QED) is 0.149. The van der Waals surface area contributed by atoms with Crippen molar-refractivity contribution in [1.82, 2.24) is 9.55 Å². The summed E-state index contributed by atoms with van der Waals surface area (Å²) >= 11 is 0. The molecule has 6 heteroatoms. The first-order valence-corrected chi connectivity index (χ1v) is 21.0. The van der Waals surface area contributed by atoms with E-state index in [0.29, 0.717) is 28.4 Å². The summed E-state index contributed by atoms with van der Waals surface area (Å²) in [5.41, 5.74) is 11.6. The van der Waals surface area contributed by atoms with Crippen LogP contribution in [-0.4, -0.2) is 9.55 Å².